The van der Waals surface area contributed by atoms with Crippen LogP contribution in [0.4, 0.5) is 5.69 Å². The number of hydrogen-bond donors (Lipinski definition) is 2. The van der Waals surface area contributed by atoms with Crippen LogP contribution in [0, 0.1) is 0 Å². The number of hydrazine groups is 1. The van der Waals surface area contributed by atoms with Gasteiger partial charge in [-0.15, -0.1) is 0 Å². The van der Waals surface area contributed by atoms with E-state index in [-0.39, 0.29) is 5.91 Å². The van der Waals surface area contributed by atoms with Crippen molar-refractivity contribution in [1.82, 2.24) is 9.88 Å². The molecule has 1 aromatic rings. The molecule has 18 heavy (non-hydrogen) atoms. The van der Waals surface area contributed by atoms with Gasteiger partial charge in [-0.3, -0.25) is 15.6 Å². The number of hydrogen-bond acceptors (Lipinski definition) is 4. The number of likely N-dealkylation sites (tertiary alicyclic amines) is 1. The van der Waals surface area contributed by atoms with Gasteiger partial charge in [-0.2, -0.15) is 0 Å². The topological polar surface area (TPSA) is 71.2 Å². The summed E-state index contributed by atoms with van der Waals surface area (Å²) in [7, 11) is 0. The van der Waals surface area contributed by atoms with Crippen LogP contribution in [0.25, 0.3) is 0 Å². The van der Waals surface area contributed by atoms with Crippen molar-refractivity contribution >= 4 is 11.6 Å². The fourth-order valence-electron chi connectivity index (χ4n) is 2.48. The third kappa shape index (κ3) is 2.61. The minimum atomic E-state index is 0.0126. The average molecular weight is 248 g/mol. The maximum absolute atomic E-state index is 12.4. The predicted octanol–water partition coefficient (Wildman–Crippen LogP) is 1.77. The number of anilines is 1. The number of nitrogens with one attached hydrogen (secondary N) is 1. The highest BCUT2D eigenvalue weighted by Gasteiger charge is 2.26. The molecule has 0 saturated carbocycles. The van der Waals surface area contributed by atoms with Gasteiger partial charge >= 0.3 is 0 Å². The molecule has 2 rings (SSSR count). The van der Waals surface area contributed by atoms with E-state index in [1.807, 2.05) is 4.90 Å². The van der Waals surface area contributed by atoms with E-state index >= 15 is 0 Å². The van der Waals surface area contributed by atoms with Crippen molar-refractivity contribution in [3.05, 3.63) is 24.0 Å². The Morgan fingerprint density at radius 3 is 3.17 bits per heavy atom. The van der Waals surface area contributed by atoms with Crippen molar-refractivity contribution in [1.29, 1.82) is 0 Å². The van der Waals surface area contributed by atoms with Crippen molar-refractivity contribution < 1.29 is 4.79 Å². The zero-order chi connectivity index (χ0) is 13.0. The second kappa shape index (κ2) is 5.82. The normalized spacial score (nSPS) is 19.7. The van der Waals surface area contributed by atoms with E-state index in [2.05, 4.69) is 17.3 Å². The lowest BCUT2D eigenvalue weighted by molar-refractivity contribution is 0.0602. The predicted molar refractivity (Wildman–Crippen MR) is 71.0 cm³/mol. The molecule has 0 aromatic carbocycles. The molecule has 5 nitrogen and oxygen atoms in total. The summed E-state index contributed by atoms with van der Waals surface area (Å²) >= 11 is 0. The Balaban J connectivity index is 2.18. The highest BCUT2D eigenvalue weighted by molar-refractivity contribution is 5.93. The first-order valence-electron chi connectivity index (χ1n) is 6.50. The van der Waals surface area contributed by atoms with Crippen LogP contribution in [0.2, 0.25) is 0 Å². The fraction of sp³-hybridized carbons (Fsp3) is 0.538. The monoisotopic (exact) mass is 248 g/mol. The zero-order valence-electron chi connectivity index (χ0n) is 10.7. The number of nitrogens with zero attached hydrogens (tertiary/aromatic N) is 2. The summed E-state index contributed by atoms with van der Waals surface area (Å²) in [4.78, 5) is 18.5. The highest BCUT2D eigenvalue weighted by Crippen LogP contribution is 2.21. The van der Waals surface area contributed by atoms with Crippen LogP contribution in [0.5, 0.6) is 0 Å². The molecule has 0 radical (unpaired) electrons. The second-order valence-electron chi connectivity index (χ2n) is 4.63. The number of pyridine rings is 1. The van der Waals surface area contributed by atoms with Crippen molar-refractivity contribution in [2.24, 2.45) is 5.84 Å². The van der Waals surface area contributed by atoms with Gasteiger partial charge in [-0.25, -0.2) is 0 Å². The van der Waals surface area contributed by atoms with Crippen LogP contribution in [-0.4, -0.2) is 28.4 Å². The summed E-state index contributed by atoms with van der Waals surface area (Å²) in [6, 6.07) is 3.79. The van der Waals surface area contributed by atoms with Crippen molar-refractivity contribution in [2.75, 3.05) is 12.0 Å². The van der Waals surface area contributed by atoms with Gasteiger partial charge in [-0.1, -0.05) is 6.92 Å². The summed E-state index contributed by atoms with van der Waals surface area (Å²) in [5.41, 5.74) is 3.71. The Morgan fingerprint density at radius 1 is 1.61 bits per heavy atom. The van der Waals surface area contributed by atoms with Crippen LogP contribution >= 0.6 is 0 Å². The van der Waals surface area contributed by atoms with E-state index < -0.39 is 0 Å². The number of carbonyl (C=O) groups is 1. The summed E-state index contributed by atoms with van der Waals surface area (Å²) in [5, 5.41) is 0. The summed E-state index contributed by atoms with van der Waals surface area (Å²) in [6.07, 6.45) is 5.99. The third-order valence-corrected chi connectivity index (χ3v) is 3.50. The van der Waals surface area contributed by atoms with Crippen LogP contribution in [0.3, 0.4) is 0 Å². The molecule has 1 amide bonds. The number of aromatic nitrogens is 1. The summed E-state index contributed by atoms with van der Waals surface area (Å²) in [5.74, 6) is 5.36. The van der Waals surface area contributed by atoms with Gasteiger partial charge in [0.1, 0.15) is 5.69 Å². The van der Waals surface area contributed by atoms with Gasteiger partial charge in [0, 0.05) is 18.8 Å². The Hall–Kier alpha value is -1.62. The molecular formula is C13H20N4O. The first kappa shape index (κ1) is 12.8. The molecule has 1 aliphatic heterocycles. The number of amides is 1. The van der Waals surface area contributed by atoms with Crippen LogP contribution in [0.15, 0.2) is 18.3 Å². The largest absolute Gasteiger partial charge is 0.334 e. The van der Waals surface area contributed by atoms with Gasteiger partial charge in [0.15, 0.2) is 0 Å². The molecule has 2 heterocycles. The van der Waals surface area contributed by atoms with E-state index in [0.29, 0.717) is 17.4 Å². The number of carbonyl (C=O) groups excluding carboxylic acids is 1. The Kier molecular flexibility index (Phi) is 4.15. The maximum Gasteiger partial charge on any atom is 0.272 e. The quantitative estimate of drug-likeness (QED) is 0.631. The average Bonchev–Trinajstić information content (AvgIpc) is 2.46. The number of piperidine rings is 1. The van der Waals surface area contributed by atoms with Crippen molar-refractivity contribution in [3.63, 3.8) is 0 Å². The van der Waals surface area contributed by atoms with Crippen LogP contribution in [0.1, 0.15) is 43.1 Å². The molecule has 0 aliphatic carbocycles. The summed E-state index contributed by atoms with van der Waals surface area (Å²) < 4.78 is 0. The first-order valence-corrected chi connectivity index (χ1v) is 6.50. The molecule has 5 heteroatoms. The Labute approximate surface area is 107 Å². The van der Waals surface area contributed by atoms with E-state index in [4.69, 9.17) is 5.84 Å². The molecule has 3 N–H and O–H groups in total. The van der Waals surface area contributed by atoms with E-state index in [1.54, 1.807) is 18.3 Å². The molecule has 1 fully saturated rings. The number of nitrogens with two attached hydrogens (primary N) is 1. The lowest BCUT2D eigenvalue weighted by Gasteiger charge is -2.35. The van der Waals surface area contributed by atoms with Crippen molar-refractivity contribution in [2.45, 2.75) is 38.6 Å². The molecule has 1 saturated heterocycles. The van der Waals surface area contributed by atoms with Crippen LogP contribution in [-0.2, 0) is 0 Å². The zero-order valence-corrected chi connectivity index (χ0v) is 10.7. The molecule has 1 atom stereocenters. The minimum Gasteiger partial charge on any atom is -0.334 e. The maximum atomic E-state index is 12.4. The minimum absolute atomic E-state index is 0.0126. The van der Waals surface area contributed by atoms with Gasteiger partial charge in [0.25, 0.3) is 5.91 Å². The van der Waals surface area contributed by atoms with E-state index in [1.165, 1.54) is 6.42 Å². The highest BCUT2D eigenvalue weighted by atomic mass is 16.2. The summed E-state index contributed by atoms with van der Waals surface area (Å²) in [6.45, 7) is 2.96. The number of rotatable bonds is 3. The van der Waals surface area contributed by atoms with Gasteiger partial charge in [0.2, 0.25) is 0 Å². The molecule has 1 aromatic heterocycles. The van der Waals surface area contributed by atoms with Crippen LogP contribution < -0.4 is 11.3 Å². The standard InChI is InChI=1S/C13H20N4O/c1-2-11-5-3-4-8-17(11)13(18)12-9-10(16-14)6-7-15-12/h6-7,9,11H,2-5,8,14H2,1H3,(H,15,16). The smallest absolute Gasteiger partial charge is 0.272 e. The molecule has 0 spiro atoms. The lowest BCUT2D eigenvalue weighted by Crippen LogP contribution is -2.43. The molecular weight excluding hydrogens is 228 g/mol. The van der Waals surface area contributed by atoms with E-state index in [0.717, 1.165) is 25.8 Å². The second-order valence-corrected chi connectivity index (χ2v) is 4.63. The lowest BCUT2D eigenvalue weighted by atomic mass is 9.99. The molecule has 98 valence electrons. The van der Waals surface area contributed by atoms with E-state index in [9.17, 15) is 4.79 Å². The SMILES string of the molecule is CCC1CCCCN1C(=O)c1cc(NN)ccn1. The van der Waals surface area contributed by atoms with Gasteiger partial charge in [-0.05, 0) is 37.8 Å². The van der Waals surface area contributed by atoms with Gasteiger partial charge < -0.3 is 10.3 Å². The first-order chi connectivity index (χ1) is 8.76. The van der Waals surface area contributed by atoms with Crippen molar-refractivity contribution in [3.8, 4) is 0 Å². The Bertz CT molecular complexity index is 421. The number of nitrogen functional groups attached to an aromatic ring is 1. The van der Waals surface area contributed by atoms with Gasteiger partial charge in [0.05, 0.1) is 5.69 Å². The molecule has 1 unspecified atom stereocenters. The fourth-order valence-corrected chi connectivity index (χ4v) is 2.48. The molecule has 1 aliphatic rings. The Morgan fingerprint density at radius 2 is 2.44 bits per heavy atom. The molecule has 0 bridgehead atoms. The third-order valence-electron chi connectivity index (χ3n) is 3.50.